The first-order chi connectivity index (χ1) is 7.04. The number of nitrogen functional groups attached to an aromatic ring is 1. The number of nitrogens with two attached hydrogens (primary N) is 1. The quantitative estimate of drug-likeness (QED) is 0.800. The van der Waals surface area contributed by atoms with Crippen molar-refractivity contribution >= 4 is 16.5 Å². The molecule has 3 nitrogen and oxygen atoms in total. The summed E-state index contributed by atoms with van der Waals surface area (Å²) in [7, 11) is 0.295. The van der Waals surface area contributed by atoms with Crippen LogP contribution >= 0.6 is 0 Å². The van der Waals surface area contributed by atoms with Crippen molar-refractivity contribution in [1.82, 2.24) is 0 Å². The number of benzene rings is 1. The third kappa shape index (κ3) is 3.28. The van der Waals surface area contributed by atoms with Crippen molar-refractivity contribution in [1.29, 1.82) is 0 Å². The number of hydrogen-bond donors (Lipinski definition) is 1. The molecule has 0 saturated carbocycles. The summed E-state index contributed by atoms with van der Waals surface area (Å²) < 4.78 is 29.8. The zero-order valence-electron chi connectivity index (χ0n) is 8.70. The SMILES string of the molecule is COC(C)CS(=O)c1ccc(N)c(F)c1. The molecule has 0 aliphatic heterocycles. The minimum Gasteiger partial charge on any atom is -0.396 e. The molecule has 2 atom stereocenters. The van der Waals surface area contributed by atoms with Gasteiger partial charge in [0, 0.05) is 12.0 Å². The minimum absolute atomic E-state index is 0.0653. The zero-order valence-corrected chi connectivity index (χ0v) is 9.51. The van der Waals surface area contributed by atoms with Gasteiger partial charge in [-0.1, -0.05) is 0 Å². The van der Waals surface area contributed by atoms with Crippen molar-refractivity contribution < 1.29 is 13.3 Å². The number of anilines is 1. The summed E-state index contributed by atoms with van der Waals surface area (Å²) >= 11 is 0. The third-order valence-corrected chi connectivity index (χ3v) is 3.58. The predicted molar refractivity (Wildman–Crippen MR) is 58.6 cm³/mol. The molecule has 0 amide bonds. The Kier molecular flexibility index (Phi) is 4.23. The van der Waals surface area contributed by atoms with Gasteiger partial charge in [-0.2, -0.15) is 0 Å². The normalized spacial score (nSPS) is 14.9. The van der Waals surface area contributed by atoms with Crippen molar-refractivity contribution in [2.24, 2.45) is 0 Å². The lowest BCUT2D eigenvalue weighted by molar-refractivity contribution is 0.137. The molecular weight excluding hydrogens is 217 g/mol. The summed E-state index contributed by atoms with van der Waals surface area (Å²) in [6.07, 6.45) is -0.119. The standard InChI is InChI=1S/C10H14FNO2S/c1-7(14-2)6-15(13)8-3-4-10(12)9(11)5-8/h3-5,7H,6,12H2,1-2H3. The number of methoxy groups -OCH3 is 1. The molecule has 0 fully saturated rings. The van der Waals surface area contributed by atoms with Crippen molar-refractivity contribution in [2.75, 3.05) is 18.6 Å². The molecule has 0 aliphatic carbocycles. The van der Waals surface area contributed by atoms with Crippen molar-refractivity contribution in [3.63, 3.8) is 0 Å². The first-order valence-corrected chi connectivity index (χ1v) is 5.82. The maximum absolute atomic E-state index is 13.1. The molecule has 2 N–H and O–H groups in total. The Morgan fingerprint density at radius 2 is 2.27 bits per heavy atom. The molecule has 1 aromatic rings. The highest BCUT2D eigenvalue weighted by molar-refractivity contribution is 7.85. The van der Waals surface area contributed by atoms with Gasteiger partial charge in [0.05, 0.1) is 28.3 Å². The molecule has 5 heteroatoms. The van der Waals surface area contributed by atoms with E-state index in [-0.39, 0.29) is 11.8 Å². The lowest BCUT2D eigenvalue weighted by atomic mass is 10.3. The van der Waals surface area contributed by atoms with Gasteiger partial charge in [-0.05, 0) is 25.1 Å². The van der Waals surface area contributed by atoms with E-state index >= 15 is 0 Å². The van der Waals surface area contributed by atoms with Crippen molar-refractivity contribution in [2.45, 2.75) is 17.9 Å². The van der Waals surface area contributed by atoms with Crippen LogP contribution in [0.15, 0.2) is 23.1 Å². The Labute approximate surface area is 90.9 Å². The average molecular weight is 231 g/mol. The molecule has 0 saturated heterocycles. The second kappa shape index (κ2) is 5.23. The lowest BCUT2D eigenvalue weighted by Gasteiger charge is -2.09. The number of rotatable bonds is 4. The maximum Gasteiger partial charge on any atom is 0.147 e. The molecular formula is C10H14FNO2S. The highest BCUT2D eigenvalue weighted by Crippen LogP contribution is 2.15. The van der Waals surface area contributed by atoms with Gasteiger partial charge < -0.3 is 10.5 Å². The largest absolute Gasteiger partial charge is 0.396 e. The Hall–Kier alpha value is -0.940. The highest BCUT2D eigenvalue weighted by atomic mass is 32.2. The molecule has 0 radical (unpaired) electrons. The first kappa shape index (κ1) is 12.1. The van der Waals surface area contributed by atoms with Crippen LogP contribution in [0.2, 0.25) is 0 Å². The fraction of sp³-hybridized carbons (Fsp3) is 0.400. The van der Waals surface area contributed by atoms with Gasteiger partial charge in [-0.3, -0.25) is 4.21 Å². The average Bonchev–Trinajstić information content (AvgIpc) is 2.21. The second-order valence-corrected chi connectivity index (χ2v) is 4.74. The Balaban J connectivity index is 2.78. The van der Waals surface area contributed by atoms with Gasteiger partial charge in [0.1, 0.15) is 5.82 Å². The van der Waals surface area contributed by atoms with Gasteiger partial charge in [0.25, 0.3) is 0 Å². The van der Waals surface area contributed by atoms with Crippen LogP contribution in [-0.2, 0) is 15.5 Å². The van der Waals surface area contributed by atoms with E-state index < -0.39 is 16.6 Å². The van der Waals surface area contributed by atoms with E-state index in [1.807, 2.05) is 6.92 Å². The molecule has 0 spiro atoms. The van der Waals surface area contributed by atoms with Crippen LogP contribution in [0.3, 0.4) is 0 Å². The monoisotopic (exact) mass is 231 g/mol. The molecule has 0 aromatic heterocycles. The zero-order chi connectivity index (χ0) is 11.4. The van der Waals surface area contributed by atoms with Gasteiger partial charge in [0.2, 0.25) is 0 Å². The van der Waals surface area contributed by atoms with E-state index in [1.54, 1.807) is 13.2 Å². The molecule has 2 unspecified atom stereocenters. The predicted octanol–water partition coefficient (Wildman–Crippen LogP) is 1.55. The lowest BCUT2D eigenvalue weighted by Crippen LogP contribution is -2.15. The van der Waals surface area contributed by atoms with Crippen LogP contribution in [0.25, 0.3) is 0 Å². The fourth-order valence-electron chi connectivity index (χ4n) is 1.03. The van der Waals surface area contributed by atoms with Crippen LogP contribution in [0, 0.1) is 5.82 Å². The van der Waals surface area contributed by atoms with Crippen molar-refractivity contribution in [3.05, 3.63) is 24.0 Å². The summed E-state index contributed by atoms with van der Waals surface area (Å²) in [6.45, 7) is 1.81. The smallest absolute Gasteiger partial charge is 0.147 e. The van der Waals surface area contributed by atoms with E-state index in [1.165, 1.54) is 12.1 Å². The summed E-state index contributed by atoms with van der Waals surface area (Å²) in [5, 5.41) is 0. The first-order valence-electron chi connectivity index (χ1n) is 4.50. The van der Waals surface area contributed by atoms with E-state index in [0.29, 0.717) is 10.6 Å². The van der Waals surface area contributed by atoms with Crippen molar-refractivity contribution in [3.8, 4) is 0 Å². The maximum atomic E-state index is 13.1. The van der Waals surface area contributed by atoms with E-state index in [4.69, 9.17) is 10.5 Å². The molecule has 1 rings (SSSR count). The summed E-state index contributed by atoms with van der Waals surface area (Å²) in [6, 6.07) is 4.19. The molecule has 0 bridgehead atoms. The van der Waals surface area contributed by atoms with E-state index in [2.05, 4.69) is 0 Å². The van der Waals surface area contributed by atoms with Crippen LogP contribution in [0.5, 0.6) is 0 Å². The molecule has 0 aliphatic rings. The van der Waals surface area contributed by atoms with Crippen LogP contribution in [-0.4, -0.2) is 23.2 Å². The summed E-state index contributed by atoms with van der Waals surface area (Å²) in [5.74, 6) is -0.189. The van der Waals surface area contributed by atoms with E-state index in [0.717, 1.165) is 0 Å². The Morgan fingerprint density at radius 3 is 2.80 bits per heavy atom. The fourth-order valence-corrected chi connectivity index (χ4v) is 2.24. The Morgan fingerprint density at radius 1 is 1.60 bits per heavy atom. The summed E-state index contributed by atoms with van der Waals surface area (Å²) in [4.78, 5) is 0.436. The number of halogens is 1. The Bertz CT molecular complexity index is 370. The van der Waals surface area contributed by atoms with Crippen LogP contribution < -0.4 is 5.73 Å². The number of ether oxygens (including phenoxy) is 1. The molecule has 1 aromatic carbocycles. The molecule has 0 heterocycles. The van der Waals surface area contributed by atoms with Crippen LogP contribution in [0.4, 0.5) is 10.1 Å². The number of hydrogen-bond acceptors (Lipinski definition) is 3. The van der Waals surface area contributed by atoms with Crippen LogP contribution in [0.1, 0.15) is 6.92 Å². The van der Waals surface area contributed by atoms with E-state index in [9.17, 15) is 8.60 Å². The summed E-state index contributed by atoms with van der Waals surface area (Å²) in [5.41, 5.74) is 5.38. The molecule has 15 heavy (non-hydrogen) atoms. The second-order valence-electron chi connectivity index (χ2n) is 3.24. The van der Waals surface area contributed by atoms with Gasteiger partial charge in [0.15, 0.2) is 0 Å². The van der Waals surface area contributed by atoms with Gasteiger partial charge >= 0.3 is 0 Å². The van der Waals surface area contributed by atoms with Gasteiger partial charge in [-0.15, -0.1) is 0 Å². The highest BCUT2D eigenvalue weighted by Gasteiger charge is 2.10. The third-order valence-electron chi connectivity index (χ3n) is 2.02. The topological polar surface area (TPSA) is 52.3 Å². The molecule has 84 valence electrons. The van der Waals surface area contributed by atoms with Gasteiger partial charge in [-0.25, -0.2) is 4.39 Å². The minimum atomic E-state index is -1.25.